The van der Waals surface area contributed by atoms with Gasteiger partial charge in [-0.2, -0.15) is 13.2 Å². The van der Waals surface area contributed by atoms with E-state index in [4.69, 9.17) is 5.11 Å². The Morgan fingerprint density at radius 2 is 2.00 bits per heavy atom. The Morgan fingerprint density at radius 3 is 2.50 bits per heavy atom. The van der Waals surface area contributed by atoms with Crippen molar-refractivity contribution >= 4 is 5.97 Å². The lowest BCUT2D eigenvalue weighted by Crippen LogP contribution is -2.25. The molecule has 0 aromatic rings. The van der Waals surface area contributed by atoms with Crippen molar-refractivity contribution in [3.05, 3.63) is 0 Å². The zero-order chi connectivity index (χ0) is 11.0. The first kappa shape index (κ1) is 13.2. The zero-order valence-electron chi connectivity index (χ0n) is 7.43. The maximum Gasteiger partial charge on any atom is 0.413 e. The quantitative estimate of drug-likeness (QED) is 0.496. The van der Waals surface area contributed by atoms with Crippen molar-refractivity contribution in [2.75, 3.05) is 13.2 Å². The van der Waals surface area contributed by atoms with Gasteiger partial charge in [-0.3, -0.25) is 9.63 Å². The molecular formula is C7H12F3NO3. The maximum atomic E-state index is 11.5. The number of carbonyl (C=O) groups is 1. The van der Waals surface area contributed by atoms with Gasteiger partial charge < -0.3 is 5.11 Å². The van der Waals surface area contributed by atoms with Gasteiger partial charge in [0.1, 0.15) is 0 Å². The van der Waals surface area contributed by atoms with Crippen molar-refractivity contribution in [1.82, 2.24) is 5.48 Å². The minimum atomic E-state index is -4.34. The minimum Gasteiger partial charge on any atom is -0.481 e. The van der Waals surface area contributed by atoms with Crippen LogP contribution in [-0.4, -0.2) is 30.4 Å². The van der Waals surface area contributed by atoms with E-state index >= 15 is 0 Å². The van der Waals surface area contributed by atoms with Gasteiger partial charge in [0.2, 0.25) is 0 Å². The number of carboxylic acids is 1. The molecule has 0 bridgehead atoms. The van der Waals surface area contributed by atoms with Gasteiger partial charge in [-0.15, -0.1) is 0 Å². The average molecular weight is 215 g/mol. The van der Waals surface area contributed by atoms with E-state index in [9.17, 15) is 18.0 Å². The number of aliphatic carboxylic acids is 1. The number of hydrogen-bond donors (Lipinski definition) is 2. The van der Waals surface area contributed by atoms with Crippen molar-refractivity contribution in [2.45, 2.75) is 25.4 Å². The number of hydrogen-bond acceptors (Lipinski definition) is 3. The molecule has 0 rings (SSSR count). The second kappa shape index (κ2) is 6.61. The van der Waals surface area contributed by atoms with Crippen LogP contribution in [0.5, 0.6) is 0 Å². The lowest BCUT2D eigenvalue weighted by Gasteiger charge is -2.07. The van der Waals surface area contributed by atoms with Gasteiger partial charge in [-0.25, -0.2) is 5.48 Å². The molecule has 0 saturated carbocycles. The summed E-state index contributed by atoms with van der Waals surface area (Å²) in [5.74, 6) is -0.916. The van der Waals surface area contributed by atoms with Gasteiger partial charge in [0, 0.05) is 13.0 Å². The molecule has 4 nitrogen and oxygen atoms in total. The van der Waals surface area contributed by atoms with Crippen molar-refractivity contribution in [2.24, 2.45) is 0 Å². The molecule has 0 amide bonds. The summed E-state index contributed by atoms with van der Waals surface area (Å²) in [7, 11) is 0. The first-order valence-electron chi connectivity index (χ1n) is 4.05. The first-order chi connectivity index (χ1) is 6.42. The standard InChI is InChI=1S/C7H12F3NO3/c8-7(9,10)5-14-11-4-2-1-3-6(12)13/h11H,1-5H2,(H,12,13). The van der Waals surface area contributed by atoms with E-state index in [0.29, 0.717) is 12.8 Å². The average Bonchev–Trinajstić information content (AvgIpc) is 2.00. The molecule has 0 atom stereocenters. The summed E-state index contributed by atoms with van der Waals surface area (Å²) in [6, 6.07) is 0. The molecule has 0 aliphatic heterocycles. The fraction of sp³-hybridized carbons (Fsp3) is 0.857. The van der Waals surface area contributed by atoms with Crippen LogP contribution in [0.4, 0.5) is 13.2 Å². The summed E-state index contributed by atoms with van der Waals surface area (Å²) in [6.07, 6.45) is -3.45. The monoisotopic (exact) mass is 215 g/mol. The van der Waals surface area contributed by atoms with E-state index in [1.165, 1.54) is 0 Å². The van der Waals surface area contributed by atoms with Crippen LogP contribution in [0.15, 0.2) is 0 Å². The topological polar surface area (TPSA) is 58.6 Å². The number of alkyl halides is 3. The second-order valence-corrected chi connectivity index (χ2v) is 2.65. The van der Waals surface area contributed by atoms with Gasteiger partial charge in [0.25, 0.3) is 0 Å². The Hall–Kier alpha value is -0.820. The second-order valence-electron chi connectivity index (χ2n) is 2.65. The number of rotatable bonds is 7. The highest BCUT2D eigenvalue weighted by Crippen LogP contribution is 2.13. The van der Waals surface area contributed by atoms with E-state index in [-0.39, 0.29) is 13.0 Å². The van der Waals surface area contributed by atoms with E-state index < -0.39 is 18.8 Å². The van der Waals surface area contributed by atoms with Gasteiger partial charge >= 0.3 is 12.1 Å². The van der Waals surface area contributed by atoms with Crippen molar-refractivity contribution in [1.29, 1.82) is 0 Å². The summed E-state index contributed by atoms with van der Waals surface area (Å²) in [4.78, 5) is 14.1. The summed E-state index contributed by atoms with van der Waals surface area (Å²) < 4.78 is 34.5. The van der Waals surface area contributed by atoms with E-state index in [1.807, 2.05) is 0 Å². The molecule has 0 aromatic carbocycles. The zero-order valence-corrected chi connectivity index (χ0v) is 7.43. The molecule has 7 heteroatoms. The SMILES string of the molecule is O=C(O)CCCCNOCC(F)(F)F. The fourth-order valence-electron chi connectivity index (χ4n) is 0.678. The molecule has 0 heterocycles. The van der Waals surface area contributed by atoms with Gasteiger partial charge in [-0.05, 0) is 12.8 Å². The number of unbranched alkanes of at least 4 members (excludes halogenated alkanes) is 1. The summed E-state index contributed by atoms with van der Waals surface area (Å²) in [5, 5.41) is 8.22. The minimum absolute atomic E-state index is 0.0148. The third-order valence-electron chi connectivity index (χ3n) is 1.26. The molecule has 0 aliphatic rings. The van der Waals surface area contributed by atoms with Crippen LogP contribution >= 0.6 is 0 Å². The predicted octanol–water partition coefficient (Wildman–Crippen LogP) is 1.32. The predicted molar refractivity (Wildman–Crippen MR) is 41.5 cm³/mol. The molecule has 0 aromatic heterocycles. The highest BCUT2D eigenvalue weighted by Gasteiger charge is 2.27. The van der Waals surface area contributed by atoms with Crippen LogP contribution in [0.1, 0.15) is 19.3 Å². The smallest absolute Gasteiger partial charge is 0.413 e. The number of hydroxylamine groups is 1. The molecule has 0 spiro atoms. The van der Waals surface area contributed by atoms with Gasteiger partial charge in [-0.1, -0.05) is 0 Å². The maximum absolute atomic E-state index is 11.5. The third kappa shape index (κ3) is 11.2. The molecular weight excluding hydrogens is 203 g/mol. The molecule has 0 aliphatic carbocycles. The van der Waals surface area contributed by atoms with Crippen LogP contribution in [0, 0.1) is 0 Å². The Labute approximate surface area is 79.0 Å². The molecule has 14 heavy (non-hydrogen) atoms. The Morgan fingerprint density at radius 1 is 1.36 bits per heavy atom. The van der Waals surface area contributed by atoms with Crippen LogP contribution in [-0.2, 0) is 9.63 Å². The summed E-state index contributed by atoms with van der Waals surface area (Å²) >= 11 is 0. The number of halogens is 3. The Balaban J connectivity index is 3.11. The van der Waals surface area contributed by atoms with E-state index in [1.54, 1.807) is 0 Å². The van der Waals surface area contributed by atoms with Crippen LogP contribution in [0.25, 0.3) is 0 Å². The first-order valence-corrected chi connectivity index (χ1v) is 4.05. The Kier molecular flexibility index (Phi) is 6.22. The fourth-order valence-corrected chi connectivity index (χ4v) is 0.678. The molecule has 84 valence electrons. The molecule has 0 saturated heterocycles. The summed E-state index contributed by atoms with van der Waals surface area (Å²) in [5.41, 5.74) is 2.10. The van der Waals surface area contributed by atoms with E-state index in [0.717, 1.165) is 0 Å². The lowest BCUT2D eigenvalue weighted by molar-refractivity contribution is -0.189. The van der Waals surface area contributed by atoms with Gasteiger partial charge in [0.05, 0.1) is 0 Å². The molecule has 0 unspecified atom stereocenters. The van der Waals surface area contributed by atoms with Crippen LogP contribution < -0.4 is 5.48 Å². The third-order valence-corrected chi connectivity index (χ3v) is 1.26. The Bertz CT molecular complexity index is 172. The van der Waals surface area contributed by atoms with Crippen LogP contribution in [0.2, 0.25) is 0 Å². The highest BCUT2D eigenvalue weighted by molar-refractivity contribution is 5.66. The van der Waals surface area contributed by atoms with Crippen molar-refractivity contribution in [3.63, 3.8) is 0 Å². The molecule has 2 N–H and O–H groups in total. The molecule has 0 radical (unpaired) electrons. The normalized spacial score (nSPS) is 11.6. The van der Waals surface area contributed by atoms with Crippen LogP contribution in [0.3, 0.4) is 0 Å². The molecule has 0 fully saturated rings. The van der Waals surface area contributed by atoms with Crippen molar-refractivity contribution < 1.29 is 27.9 Å². The number of nitrogens with one attached hydrogen (secondary N) is 1. The lowest BCUT2D eigenvalue weighted by atomic mass is 10.2. The summed E-state index contributed by atoms with van der Waals surface area (Å²) in [6.45, 7) is -1.13. The largest absolute Gasteiger partial charge is 0.481 e. The van der Waals surface area contributed by atoms with Crippen molar-refractivity contribution in [3.8, 4) is 0 Å². The number of carboxylic acid groups (broad SMARTS) is 1. The van der Waals surface area contributed by atoms with E-state index in [2.05, 4.69) is 10.3 Å². The van der Waals surface area contributed by atoms with Gasteiger partial charge in [0.15, 0.2) is 6.61 Å². The highest BCUT2D eigenvalue weighted by atomic mass is 19.4.